The Morgan fingerprint density at radius 1 is 0.593 bits per heavy atom. The third-order valence-corrected chi connectivity index (χ3v) is 14.7. The third-order valence-electron chi connectivity index (χ3n) is 14.7. The van der Waals surface area contributed by atoms with E-state index in [1.807, 2.05) is 54.6 Å². The molecule has 0 radical (unpaired) electrons. The Labute approximate surface area is 501 Å². The zero-order chi connectivity index (χ0) is 63.1. The Morgan fingerprint density at radius 2 is 1.13 bits per heavy atom. The highest BCUT2D eigenvalue weighted by molar-refractivity contribution is 5.98. The van der Waals surface area contributed by atoms with Crippen molar-refractivity contribution in [3.63, 3.8) is 0 Å². The summed E-state index contributed by atoms with van der Waals surface area (Å²) >= 11 is 0. The molecule has 474 valence electrons. The van der Waals surface area contributed by atoms with Crippen LogP contribution >= 0.6 is 0 Å². The van der Waals surface area contributed by atoms with E-state index in [9.17, 15) is 47.9 Å². The molecule has 0 saturated carbocycles. The number of unbranched alkanes of at least 4 members (excludes halogenated alkanes) is 3. The first-order valence-electron chi connectivity index (χ1n) is 29.6. The Bertz CT molecular complexity index is 2740. The largest absolute Gasteiger partial charge is 0.370 e. The van der Waals surface area contributed by atoms with Crippen LogP contribution in [0.15, 0.2) is 65.8 Å². The number of likely N-dealkylation sites (tertiary alicyclic amines) is 1. The zero-order valence-electron chi connectivity index (χ0n) is 49.5. The fourth-order valence-corrected chi connectivity index (χ4v) is 9.92. The van der Waals surface area contributed by atoms with Crippen molar-refractivity contribution in [2.45, 2.75) is 158 Å². The van der Waals surface area contributed by atoms with Gasteiger partial charge in [-0.05, 0) is 133 Å². The predicted molar refractivity (Wildman–Crippen MR) is 325 cm³/mol. The number of para-hydroxylation sites is 1. The van der Waals surface area contributed by atoms with Crippen LogP contribution in [0.4, 0.5) is 0 Å². The molecule has 0 bridgehead atoms. The van der Waals surface area contributed by atoms with Crippen molar-refractivity contribution in [3.8, 4) is 0 Å². The predicted octanol–water partition coefficient (Wildman–Crippen LogP) is -3.01. The Morgan fingerprint density at radius 3 is 1.73 bits per heavy atom. The number of carbonyl (C=O) groups is 10. The number of hydrogen-bond acceptors (Lipinski definition) is 15. The minimum Gasteiger partial charge on any atom is -0.370 e. The number of H-pyrrole nitrogens is 1. The number of benzene rings is 2. The molecule has 0 aliphatic carbocycles. The highest BCUT2D eigenvalue weighted by atomic mass is 16.2. The van der Waals surface area contributed by atoms with Crippen molar-refractivity contribution >= 4 is 75.9 Å². The Kier molecular flexibility index (Phi) is 30.5. The maximum absolute atomic E-state index is 14.5. The molecule has 0 spiro atoms. The van der Waals surface area contributed by atoms with Gasteiger partial charge < -0.3 is 92.6 Å². The molecule has 28 heteroatoms. The first-order chi connectivity index (χ1) is 41.2. The van der Waals surface area contributed by atoms with Gasteiger partial charge in [-0.1, -0.05) is 62.4 Å². The second kappa shape index (κ2) is 37.3. The zero-order valence-corrected chi connectivity index (χ0v) is 49.5. The quantitative estimate of drug-likeness (QED) is 0.0154. The highest BCUT2D eigenvalue weighted by Crippen LogP contribution is 2.22. The smallest absolute Gasteiger partial charge is 0.245 e. The number of nitrogens with one attached hydrogen (secondary N) is 9. The van der Waals surface area contributed by atoms with Crippen LogP contribution in [0.2, 0.25) is 0 Å². The summed E-state index contributed by atoms with van der Waals surface area (Å²) in [7, 11) is 0. The van der Waals surface area contributed by atoms with E-state index in [1.54, 1.807) is 20.0 Å². The molecule has 86 heavy (non-hydrogen) atoms. The van der Waals surface area contributed by atoms with Crippen molar-refractivity contribution in [1.82, 2.24) is 52.4 Å². The van der Waals surface area contributed by atoms with Crippen LogP contribution in [0.5, 0.6) is 0 Å². The number of amides is 10. The average Bonchev–Trinajstić information content (AvgIpc) is 3.02. The summed E-state index contributed by atoms with van der Waals surface area (Å²) in [6.45, 7) is 3.48. The molecule has 4 rings (SSSR count). The fourth-order valence-electron chi connectivity index (χ4n) is 9.92. The van der Waals surface area contributed by atoms with Gasteiger partial charge in [-0.15, -0.1) is 0 Å². The number of nitrogens with two attached hydrogens (primary N) is 7. The molecule has 2 heterocycles. The normalized spacial score (nSPS) is 15.4. The number of primary amides is 1. The number of nitrogens with zero attached hydrogens (tertiary/aromatic N) is 2. The van der Waals surface area contributed by atoms with Crippen LogP contribution in [0.1, 0.15) is 108 Å². The molecule has 3 aromatic rings. The van der Waals surface area contributed by atoms with Gasteiger partial charge in [0.05, 0.1) is 19.1 Å². The standard InChI is InChI=1S/C58H92N18O10/c1-35(2)49(56(85)69-34-47(77)70-42(21-9-12-26-60)53(82)72-41(50(63)79)20-8-11-25-59)75-55(84)46-24-15-29-76(46)57(86)44(22-10-13-27-61)71-48(78)33-68-52(81)45(31-37-32-67-40-19-7-6-18-38(37)40)74-54(83)43(23-14-28-66-58(64)65)73-51(80)39(62)30-36-16-4-3-5-17-36/h3-7,16-19,32,35,39,41-46,49,67H,8-15,20-31,33-34,59-62H2,1-2H3,(H2,63,79)(H,68,81)(H,69,85)(H,70,77)(H,71,78)(H,72,82)(H,73,80)(H,74,83)(H,75,84)(H4,64,65,66). The first-order valence-corrected chi connectivity index (χ1v) is 29.6. The van der Waals surface area contributed by atoms with Gasteiger partial charge in [0.1, 0.15) is 42.3 Å². The monoisotopic (exact) mass is 1200 g/mol. The van der Waals surface area contributed by atoms with Gasteiger partial charge in [-0.2, -0.15) is 0 Å². The van der Waals surface area contributed by atoms with E-state index in [-0.39, 0.29) is 70.4 Å². The summed E-state index contributed by atoms with van der Waals surface area (Å²) in [5.74, 6) is -7.52. The lowest BCUT2D eigenvalue weighted by atomic mass is 10.0. The van der Waals surface area contributed by atoms with Crippen molar-refractivity contribution in [2.24, 2.45) is 51.0 Å². The van der Waals surface area contributed by atoms with Crippen LogP contribution in [0.3, 0.4) is 0 Å². The first kappa shape index (κ1) is 70.3. The van der Waals surface area contributed by atoms with Crippen LogP contribution < -0.4 is 82.7 Å². The van der Waals surface area contributed by atoms with E-state index < -0.39 is 126 Å². The van der Waals surface area contributed by atoms with Gasteiger partial charge >= 0.3 is 0 Å². The van der Waals surface area contributed by atoms with Gasteiger partial charge in [0.25, 0.3) is 0 Å². The molecule has 23 N–H and O–H groups in total. The van der Waals surface area contributed by atoms with E-state index in [2.05, 4.69) is 52.5 Å². The van der Waals surface area contributed by atoms with E-state index in [4.69, 9.17) is 40.1 Å². The summed E-state index contributed by atoms with van der Waals surface area (Å²) in [4.78, 5) is 145. The lowest BCUT2D eigenvalue weighted by Gasteiger charge is -2.30. The number of aromatic amines is 1. The molecule has 28 nitrogen and oxygen atoms in total. The van der Waals surface area contributed by atoms with E-state index in [0.29, 0.717) is 70.1 Å². The summed E-state index contributed by atoms with van der Waals surface area (Å²) in [5.41, 5.74) is 42.2. The van der Waals surface area contributed by atoms with Crippen LogP contribution in [-0.2, 0) is 60.8 Å². The van der Waals surface area contributed by atoms with E-state index in [1.165, 1.54) is 4.90 Å². The van der Waals surface area contributed by atoms with Gasteiger partial charge in [-0.25, -0.2) is 0 Å². The minimum absolute atomic E-state index is 0.0486. The lowest BCUT2D eigenvalue weighted by Crippen LogP contribution is -2.59. The maximum Gasteiger partial charge on any atom is 0.245 e. The van der Waals surface area contributed by atoms with Crippen LogP contribution in [0.25, 0.3) is 10.9 Å². The highest BCUT2D eigenvalue weighted by Gasteiger charge is 2.40. The molecule has 2 aromatic carbocycles. The average molecular weight is 1200 g/mol. The summed E-state index contributed by atoms with van der Waals surface area (Å²) in [6, 6.07) is 7.49. The van der Waals surface area contributed by atoms with Crippen LogP contribution in [0, 0.1) is 5.92 Å². The number of fused-ring (bicyclic) bond motifs is 1. The van der Waals surface area contributed by atoms with Gasteiger partial charge in [-0.3, -0.25) is 52.9 Å². The number of hydrogen-bond donors (Lipinski definition) is 16. The summed E-state index contributed by atoms with van der Waals surface area (Å²) in [6.07, 6.45) is 6.46. The Hall–Kier alpha value is -8.21. The minimum atomic E-state index is -1.30. The molecular weight excluding hydrogens is 1110 g/mol. The van der Waals surface area contributed by atoms with Gasteiger partial charge in [0.2, 0.25) is 59.1 Å². The number of aliphatic imine (C=N–C) groups is 1. The topological polar surface area (TPSA) is 480 Å². The van der Waals surface area contributed by atoms with Gasteiger partial charge in [0, 0.05) is 36.6 Å². The van der Waals surface area contributed by atoms with E-state index in [0.717, 1.165) is 16.5 Å². The van der Waals surface area contributed by atoms with Crippen LogP contribution in [-0.4, -0.2) is 169 Å². The molecule has 8 atom stereocenters. The summed E-state index contributed by atoms with van der Waals surface area (Å²) in [5, 5.41) is 22.1. The molecular formula is C58H92N18O10. The lowest BCUT2D eigenvalue weighted by molar-refractivity contribution is -0.142. The Balaban J connectivity index is 1.45. The number of carbonyl (C=O) groups excluding carboxylic acids is 10. The molecule has 1 fully saturated rings. The van der Waals surface area contributed by atoms with Crippen molar-refractivity contribution < 1.29 is 47.9 Å². The third kappa shape index (κ3) is 23.7. The molecule has 1 aliphatic heterocycles. The number of guanidine groups is 1. The van der Waals surface area contributed by atoms with Gasteiger partial charge in [0.15, 0.2) is 5.96 Å². The molecule has 1 aliphatic rings. The molecule has 1 aromatic heterocycles. The van der Waals surface area contributed by atoms with E-state index >= 15 is 0 Å². The SMILES string of the molecule is CC(C)C(NC(=O)C1CCCN1C(=O)C(CCCCN)NC(=O)CNC(=O)C(Cc1c[nH]c2ccccc12)NC(=O)C(CCCN=C(N)N)NC(=O)C(N)Cc1ccccc1)C(=O)NCC(=O)NC(CCCCN)C(=O)NC(CCCCN)C(N)=O. The number of rotatable bonds is 39. The summed E-state index contributed by atoms with van der Waals surface area (Å²) < 4.78 is 0. The van der Waals surface area contributed by atoms with Crippen molar-refractivity contribution in [2.75, 3.05) is 45.8 Å². The van der Waals surface area contributed by atoms with Crippen molar-refractivity contribution in [3.05, 3.63) is 71.9 Å². The molecule has 1 saturated heterocycles. The van der Waals surface area contributed by atoms with Crippen molar-refractivity contribution in [1.29, 1.82) is 0 Å². The number of aromatic nitrogens is 1. The molecule has 10 amide bonds. The second-order valence-corrected chi connectivity index (χ2v) is 21.8. The maximum atomic E-state index is 14.5. The molecule has 8 unspecified atom stereocenters. The fraction of sp³-hybridized carbons (Fsp3) is 0.569. The second-order valence-electron chi connectivity index (χ2n) is 21.8.